The number of carboxylic acid groups (broad SMARTS) is 1. The number of carboxylic acids is 1. The van der Waals surface area contributed by atoms with Gasteiger partial charge in [0.05, 0.1) is 13.0 Å². The number of benzene rings is 1. The van der Waals surface area contributed by atoms with E-state index in [1.807, 2.05) is 38.1 Å². The number of aliphatic carboxylic acids is 1. The standard InChI is InChI=1S/C18H27NO4/c1-12(2)9-16(18(21)22)19-17(20)10-14-5-7-15(8-6-14)23-11-13(3)4/h5-8,12-13,16H,9-11H2,1-4H3,(H,19,20)(H,21,22)/t16-/m1/s1. The van der Waals surface area contributed by atoms with Crippen LogP contribution in [0.5, 0.6) is 5.75 Å². The van der Waals surface area contributed by atoms with E-state index in [4.69, 9.17) is 9.84 Å². The molecule has 5 nitrogen and oxygen atoms in total. The van der Waals surface area contributed by atoms with E-state index in [0.717, 1.165) is 11.3 Å². The summed E-state index contributed by atoms with van der Waals surface area (Å²) in [4.78, 5) is 23.2. The first kappa shape index (κ1) is 19.0. The Kier molecular flexibility index (Phi) is 7.59. The average molecular weight is 321 g/mol. The van der Waals surface area contributed by atoms with Crippen molar-refractivity contribution in [1.29, 1.82) is 0 Å². The molecule has 0 radical (unpaired) electrons. The quantitative estimate of drug-likeness (QED) is 0.733. The molecule has 0 saturated heterocycles. The van der Waals surface area contributed by atoms with Crippen molar-refractivity contribution in [1.82, 2.24) is 5.32 Å². The average Bonchev–Trinajstić information content (AvgIpc) is 2.45. The molecule has 0 unspecified atom stereocenters. The molecule has 1 aromatic carbocycles. The summed E-state index contributed by atoms with van der Waals surface area (Å²) in [5.41, 5.74) is 0.827. The lowest BCUT2D eigenvalue weighted by Gasteiger charge is -2.16. The predicted octanol–water partition coefficient (Wildman–Crippen LogP) is 2.88. The van der Waals surface area contributed by atoms with E-state index in [1.165, 1.54) is 0 Å². The van der Waals surface area contributed by atoms with Gasteiger partial charge in [-0.05, 0) is 36.0 Å². The van der Waals surface area contributed by atoms with E-state index in [0.29, 0.717) is 18.9 Å². The Morgan fingerprint density at radius 3 is 2.17 bits per heavy atom. The Bertz CT molecular complexity index is 508. The summed E-state index contributed by atoms with van der Waals surface area (Å²) in [6.07, 6.45) is 0.579. The molecule has 0 aromatic heterocycles. The monoisotopic (exact) mass is 321 g/mol. The van der Waals surface area contributed by atoms with Crippen LogP contribution in [0, 0.1) is 11.8 Å². The summed E-state index contributed by atoms with van der Waals surface area (Å²) >= 11 is 0. The van der Waals surface area contributed by atoms with Crippen LogP contribution in [-0.4, -0.2) is 29.6 Å². The van der Waals surface area contributed by atoms with Gasteiger partial charge in [0.2, 0.25) is 5.91 Å². The Hall–Kier alpha value is -2.04. The molecule has 1 rings (SSSR count). The molecular weight excluding hydrogens is 294 g/mol. The van der Waals surface area contributed by atoms with Gasteiger partial charge >= 0.3 is 5.97 Å². The van der Waals surface area contributed by atoms with Gasteiger partial charge in [-0.25, -0.2) is 4.79 Å². The van der Waals surface area contributed by atoms with Crippen molar-refractivity contribution in [3.8, 4) is 5.75 Å². The van der Waals surface area contributed by atoms with Gasteiger partial charge in [0.15, 0.2) is 0 Å². The fraction of sp³-hybridized carbons (Fsp3) is 0.556. The van der Waals surface area contributed by atoms with Crippen LogP contribution < -0.4 is 10.1 Å². The minimum absolute atomic E-state index is 0.159. The van der Waals surface area contributed by atoms with Crippen LogP contribution >= 0.6 is 0 Å². The topological polar surface area (TPSA) is 75.6 Å². The van der Waals surface area contributed by atoms with Crippen molar-refractivity contribution >= 4 is 11.9 Å². The summed E-state index contributed by atoms with van der Waals surface area (Å²) in [6.45, 7) is 8.66. The zero-order chi connectivity index (χ0) is 17.4. The van der Waals surface area contributed by atoms with E-state index in [9.17, 15) is 9.59 Å². The van der Waals surface area contributed by atoms with Gasteiger partial charge in [-0.1, -0.05) is 39.8 Å². The number of nitrogens with one attached hydrogen (secondary N) is 1. The van der Waals surface area contributed by atoms with Crippen molar-refractivity contribution < 1.29 is 19.4 Å². The van der Waals surface area contributed by atoms with Crippen LogP contribution in [0.2, 0.25) is 0 Å². The molecule has 5 heteroatoms. The number of carbonyl (C=O) groups excluding carboxylic acids is 1. The van der Waals surface area contributed by atoms with Gasteiger partial charge in [0.1, 0.15) is 11.8 Å². The highest BCUT2D eigenvalue weighted by Gasteiger charge is 2.20. The van der Waals surface area contributed by atoms with Gasteiger partial charge in [0.25, 0.3) is 0 Å². The van der Waals surface area contributed by atoms with Crippen molar-refractivity contribution in [2.24, 2.45) is 11.8 Å². The van der Waals surface area contributed by atoms with Crippen LogP contribution in [-0.2, 0) is 16.0 Å². The number of hydrogen-bond acceptors (Lipinski definition) is 3. The van der Waals surface area contributed by atoms with Crippen molar-refractivity contribution in [2.75, 3.05) is 6.61 Å². The second-order valence-electron chi connectivity index (χ2n) is 6.61. The normalized spacial score (nSPS) is 12.3. The number of amides is 1. The predicted molar refractivity (Wildman–Crippen MR) is 89.5 cm³/mol. The molecule has 0 bridgehead atoms. The zero-order valence-electron chi connectivity index (χ0n) is 14.3. The maximum absolute atomic E-state index is 12.0. The molecule has 0 spiro atoms. The van der Waals surface area contributed by atoms with Gasteiger partial charge in [-0.2, -0.15) is 0 Å². The lowest BCUT2D eigenvalue weighted by atomic mass is 10.0. The Morgan fingerprint density at radius 2 is 1.70 bits per heavy atom. The summed E-state index contributed by atoms with van der Waals surface area (Å²) < 4.78 is 5.59. The molecule has 1 amide bonds. The van der Waals surface area contributed by atoms with Gasteiger partial charge < -0.3 is 15.2 Å². The van der Waals surface area contributed by atoms with Gasteiger partial charge in [0, 0.05) is 0 Å². The second-order valence-corrected chi connectivity index (χ2v) is 6.61. The van der Waals surface area contributed by atoms with Crippen molar-refractivity contribution in [2.45, 2.75) is 46.6 Å². The summed E-state index contributed by atoms with van der Waals surface area (Å²) in [5.74, 6) is 0.146. The first-order valence-corrected chi connectivity index (χ1v) is 8.01. The molecule has 23 heavy (non-hydrogen) atoms. The molecule has 1 atom stereocenters. The van der Waals surface area contributed by atoms with Crippen molar-refractivity contribution in [3.05, 3.63) is 29.8 Å². The SMILES string of the molecule is CC(C)COc1ccc(CC(=O)N[C@H](CC(C)C)C(=O)O)cc1. The van der Waals surface area contributed by atoms with Crippen LogP contribution in [0.15, 0.2) is 24.3 Å². The molecule has 0 aliphatic heterocycles. The third kappa shape index (κ3) is 7.68. The number of hydrogen-bond donors (Lipinski definition) is 2. The molecule has 1 aromatic rings. The van der Waals surface area contributed by atoms with Gasteiger partial charge in [-0.15, -0.1) is 0 Å². The number of ether oxygens (including phenoxy) is 1. The molecule has 2 N–H and O–H groups in total. The summed E-state index contributed by atoms with van der Waals surface area (Å²) in [5, 5.41) is 11.7. The highest BCUT2D eigenvalue weighted by Crippen LogP contribution is 2.14. The number of carbonyl (C=O) groups is 2. The highest BCUT2D eigenvalue weighted by molar-refractivity contribution is 5.84. The second kappa shape index (κ2) is 9.18. The van der Waals surface area contributed by atoms with E-state index in [2.05, 4.69) is 19.2 Å². The van der Waals surface area contributed by atoms with Crippen LogP contribution in [0.25, 0.3) is 0 Å². The largest absolute Gasteiger partial charge is 0.493 e. The fourth-order valence-electron chi connectivity index (χ4n) is 2.09. The van der Waals surface area contributed by atoms with E-state index in [1.54, 1.807) is 0 Å². The van der Waals surface area contributed by atoms with Gasteiger partial charge in [-0.3, -0.25) is 4.79 Å². The highest BCUT2D eigenvalue weighted by atomic mass is 16.5. The van der Waals surface area contributed by atoms with Crippen LogP contribution in [0.1, 0.15) is 39.7 Å². The Balaban J connectivity index is 2.54. The minimum Gasteiger partial charge on any atom is -0.493 e. The Labute approximate surface area is 138 Å². The summed E-state index contributed by atoms with van der Waals surface area (Å²) in [7, 11) is 0. The molecule has 0 aliphatic carbocycles. The first-order valence-electron chi connectivity index (χ1n) is 8.01. The lowest BCUT2D eigenvalue weighted by molar-refractivity contribution is -0.142. The Morgan fingerprint density at radius 1 is 1.09 bits per heavy atom. The molecule has 0 fully saturated rings. The maximum Gasteiger partial charge on any atom is 0.326 e. The van der Waals surface area contributed by atoms with Crippen LogP contribution in [0.4, 0.5) is 0 Å². The minimum atomic E-state index is -0.996. The van der Waals surface area contributed by atoms with Crippen LogP contribution in [0.3, 0.4) is 0 Å². The maximum atomic E-state index is 12.0. The molecule has 0 saturated carbocycles. The lowest BCUT2D eigenvalue weighted by Crippen LogP contribution is -2.42. The first-order chi connectivity index (χ1) is 10.8. The van der Waals surface area contributed by atoms with E-state index >= 15 is 0 Å². The molecular formula is C18H27NO4. The molecule has 0 aliphatic rings. The molecule has 0 heterocycles. The van der Waals surface area contributed by atoms with E-state index in [-0.39, 0.29) is 18.2 Å². The molecule has 128 valence electrons. The van der Waals surface area contributed by atoms with Crippen molar-refractivity contribution in [3.63, 3.8) is 0 Å². The van der Waals surface area contributed by atoms with E-state index < -0.39 is 12.0 Å². The fourth-order valence-corrected chi connectivity index (χ4v) is 2.09. The third-order valence-electron chi connectivity index (χ3n) is 3.21. The zero-order valence-corrected chi connectivity index (χ0v) is 14.3. The summed E-state index contributed by atoms with van der Waals surface area (Å²) in [6, 6.07) is 6.47. The third-order valence-corrected chi connectivity index (χ3v) is 3.21. The smallest absolute Gasteiger partial charge is 0.326 e. The number of rotatable bonds is 9.